The molecule has 23 heavy (non-hydrogen) atoms. The number of nitrogens with one attached hydrogen (secondary N) is 1. The van der Waals surface area contributed by atoms with Gasteiger partial charge in [0.05, 0.1) is 30.6 Å². The van der Waals surface area contributed by atoms with E-state index in [-0.39, 0.29) is 18.3 Å². The molecule has 0 bridgehead atoms. The quantitative estimate of drug-likeness (QED) is 0.612. The van der Waals surface area contributed by atoms with Crippen molar-refractivity contribution in [1.82, 2.24) is 14.5 Å². The van der Waals surface area contributed by atoms with Crippen LogP contribution in [0.5, 0.6) is 0 Å². The number of carbonyl (C=O) groups excluding carboxylic acids is 1. The Labute approximate surface area is 137 Å². The molecule has 9 heteroatoms. The summed E-state index contributed by atoms with van der Waals surface area (Å²) in [5.74, 6) is 0.126. The van der Waals surface area contributed by atoms with E-state index in [1.165, 1.54) is 0 Å². The predicted octanol–water partition coefficient (Wildman–Crippen LogP) is -1.39. The van der Waals surface area contributed by atoms with Gasteiger partial charge in [0.1, 0.15) is 0 Å². The number of hydrogen-bond acceptors (Lipinski definition) is 6. The lowest BCUT2D eigenvalue weighted by molar-refractivity contribution is -0.130. The first kappa shape index (κ1) is 18.6. The second kappa shape index (κ2) is 7.89. The van der Waals surface area contributed by atoms with Crippen LogP contribution in [-0.4, -0.2) is 92.6 Å². The van der Waals surface area contributed by atoms with Gasteiger partial charge in [-0.25, -0.2) is 13.1 Å². The Kier molecular flexibility index (Phi) is 6.38. The van der Waals surface area contributed by atoms with E-state index in [0.29, 0.717) is 26.1 Å². The fraction of sp³-hybridized carbons (Fsp3) is 0.929. The van der Waals surface area contributed by atoms with E-state index in [1.54, 1.807) is 18.7 Å². The summed E-state index contributed by atoms with van der Waals surface area (Å²) < 4.78 is 31.7. The van der Waals surface area contributed by atoms with Crippen molar-refractivity contribution >= 4 is 15.9 Å². The van der Waals surface area contributed by atoms with Gasteiger partial charge in [-0.05, 0) is 6.42 Å². The molecule has 0 saturated carbocycles. The van der Waals surface area contributed by atoms with Crippen molar-refractivity contribution in [2.75, 3.05) is 45.1 Å². The first-order valence-electron chi connectivity index (χ1n) is 8.10. The number of rotatable bonds is 6. The topological polar surface area (TPSA) is 99.2 Å². The highest BCUT2D eigenvalue weighted by molar-refractivity contribution is 7.89. The predicted molar refractivity (Wildman–Crippen MR) is 85.4 cm³/mol. The lowest BCUT2D eigenvalue weighted by atomic mass is 10.1. The van der Waals surface area contributed by atoms with Gasteiger partial charge < -0.3 is 14.7 Å². The molecule has 0 aromatic rings. The van der Waals surface area contributed by atoms with Crippen LogP contribution < -0.4 is 4.72 Å². The van der Waals surface area contributed by atoms with Gasteiger partial charge >= 0.3 is 0 Å². The molecule has 0 aliphatic carbocycles. The Balaban J connectivity index is 1.81. The van der Waals surface area contributed by atoms with Crippen molar-refractivity contribution < 1.29 is 23.1 Å². The van der Waals surface area contributed by atoms with E-state index < -0.39 is 28.3 Å². The summed E-state index contributed by atoms with van der Waals surface area (Å²) in [5.41, 5.74) is 0. The Morgan fingerprint density at radius 2 is 1.96 bits per heavy atom. The minimum absolute atomic E-state index is 0.0495. The van der Waals surface area contributed by atoms with Gasteiger partial charge in [0.25, 0.3) is 0 Å². The van der Waals surface area contributed by atoms with Crippen molar-refractivity contribution in [1.29, 1.82) is 0 Å². The van der Waals surface area contributed by atoms with Crippen molar-refractivity contribution in [2.45, 2.75) is 38.5 Å². The number of aliphatic hydroxyl groups is 1. The number of sulfonamides is 1. The van der Waals surface area contributed by atoms with Crippen LogP contribution in [0.4, 0.5) is 0 Å². The van der Waals surface area contributed by atoms with Crippen LogP contribution in [0.2, 0.25) is 0 Å². The lowest BCUT2D eigenvalue weighted by Crippen LogP contribution is -2.52. The molecule has 0 aromatic heterocycles. The van der Waals surface area contributed by atoms with Crippen LogP contribution in [0.15, 0.2) is 0 Å². The molecule has 134 valence electrons. The second-order valence-electron chi connectivity index (χ2n) is 6.21. The van der Waals surface area contributed by atoms with Crippen molar-refractivity contribution in [3.8, 4) is 0 Å². The number of aliphatic hydroxyl groups excluding tert-OH is 1. The molecule has 2 aliphatic rings. The minimum atomic E-state index is -3.37. The highest BCUT2D eigenvalue weighted by Gasteiger charge is 2.39. The molecule has 2 N–H and O–H groups in total. The van der Waals surface area contributed by atoms with E-state index in [4.69, 9.17) is 4.74 Å². The molecule has 3 atom stereocenters. The third-order valence-electron chi connectivity index (χ3n) is 4.34. The maximum Gasteiger partial charge on any atom is 0.219 e. The van der Waals surface area contributed by atoms with Gasteiger partial charge in [0.2, 0.25) is 15.9 Å². The molecular weight excluding hydrogens is 322 g/mol. The number of ether oxygens (including phenoxy) is 1. The lowest BCUT2D eigenvalue weighted by Gasteiger charge is -2.35. The number of amides is 1. The molecule has 0 radical (unpaired) electrons. The summed E-state index contributed by atoms with van der Waals surface area (Å²) in [6, 6.07) is -0.588. The molecule has 1 amide bonds. The molecule has 2 aliphatic heterocycles. The molecule has 2 fully saturated rings. The SMILES string of the molecule is CCCS(=O)(=O)NC1COC(CN2CCN(C(C)=O)CC2)C1O. The molecular formula is C14H27N3O5S. The van der Waals surface area contributed by atoms with Gasteiger partial charge in [-0.15, -0.1) is 0 Å². The van der Waals surface area contributed by atoms with Gasteiger partial charge in [0, 0.05) is 39.6 Å². The zero-order valence-corrected chi connectivity index (χ0v) is 14.6. The van der Waals surface area contributed by atoms with Crippen molar-refractivity contribution in [2.24, 2.45) is 0 Å². The van der Waals surface area contributed by atoms with Crippen LogP contribution in [0.25, 0.3) is 0 Å². The van der Waals surface area contributed by atoms with Crippen LogP contribution in [0.1, 0.15) is 20.3 Å². The number of piperazine rings is 1. The Morgan fingerprint density at radius 1 is 1.30 bits per heavy atom. The van der Waals surface area contributed by atoms with Crippen LogP contribution in [0, 0.1) is 0 Å². The third-order valence-corrected chi connectivity index (χ3v) is 5.95. The normalized spacial score (nSPS) is 29.9. The maximum atomic E-state index is 11.8. The monoisotopic (exact) mass is 349 g/mol. The Bertz CT molecular complexity index is 505. The van der Waals surface area contributed by atoms with E-state index >= 15 is 0 Å². The zero-order valence-electron chi connectivity index (χ0n) is 13.8. The van der Waals surface area contributed by atoms with Crippen LogP contribution in [0.3, 0.4) is 0 Å². The zero-order chi connectivity index (χ0) is 17.0. The molecule has 2 rings (SSSR count). The fourth-order valence-corrected chi connectivity index (χ4v) is 4.33. The smallest absolute Gasteiger partial charge is 0.219 e. The first-order chi connectivity index (χ1) is 10.8. The van der Waals surface area contributed by atoms with Crippen molar-refractivity contribution in [3.63, 3.8) is 0 Å². The van der Waals surface area contributed by atoms with E-state index in [9.17, 15) is 18.3 Å². The standard InChI is InChI=1S/C14H27N3O5S/c1-3-8-23(20,21)15-12-10-22-13(14(12)19)9-16-4-6-17(7-5-16)11(2)18/h12-15,19H,3-10H2,1-2H3. The summed E-state index contributed by atoms with van der Waals surface area (Å²) in [5, 5.41) is 10.3. The second-order valence-corrected chi connectivity index (χ2v) is 8.09. The minimum Gasteiger partial charge on any atom is -0.389 e. The molecule has 0 spiro atoms. The largest absolute Gasteiger partial charge is 0.389 e. The number of carbonyl (C=O) groups is 1. The average molecular weight is 349 g/mol. The Hall–Kier alpha value is -0.740. The van der Waals surface area contributed by atoms with Crippen LogP contribution >= 0.6 is 0 Å². The van der Waals surface area contributed by atoms with Gasteiger partial charge in [-0.1, -0.05) is 6.92 Å². The molecule has 2 heterocycles. The van der Waals surface area contributed by atoms with E-state index in [0.717, 1.165) is 13.1 Å². The van der Waals surface area contributed by atoms with Gasteiger partial charge in [-0.2, -0.15) is 0 Å². The fourth-order valence-electron chi connectivity index (χ4n) is 3.01. The molecule has 8 nitrogen and oxygen atoms in total. The summed E-state index contributed by atoms with van der Waals surface area (Å²) in [6.07, 6.45) is -0.733. The van der Waals surface area contributed by atoms with Gasteiger partial charge in [0.15, 0.2) is 0 Å². The summed E-state index contributed by atoms with van der Waals surface area (Å²) in [6.45, 7) is 6.89. The highest BCUT2D eigenvalue weighted by Crippen LogP contribution is 2.17. The first-order valence-corrected chi connectivity index (χ1v) is 9.75. The van der Waals surface area contributed by atoms with Crippen molar-refractivity contribution in [3.05, 3.63) is 0 Å². The van der Waals surface area contributed by atoms with Gasteiger partial charge in [-0.3, -0.25) is 9.69 Å². The number of nitrogens with zero attached hydrogens (tertiary/aromatic N) is 2. The summed E-state index contributed by atoms with van der Waals surface area (Å²) in [4.78, 5) is 15.2. The third kappa shape index (κ3) is 5.12. The summed E-state index contributed by atoms with van der Waals surface area (Å²) >= 11 is 0. The van der Waals surface area contributed by atoms with E-state index in [2.05, 4.69) is 9.62 Å². The maximum absolute atomic E-state index is 11.8. The molecule has 3 unspecified atom stereocenters. The summed E-state index contributed by atoms with van der Waals surface area (Å²) in [7, 11) is -3.37. The van der Waals surface area contributed by atoms with Crippen LogP contribution in [-0.2, 0) is 19.6 Å². The molecule has 0 aromatic carbocycles. The average Bonchev–Trinajstić information content (AvgIpc) is 2.80. The van der Waals surface area contributed by atoms with E-state index in [1.807, 2.05) is 0 Å². The Morgan fingerprint density at radius 3 is 2.52 bits per heavy atom. The number of hydrogen-bond donors (Lipinski definition) is 2. The highest BCUT2D eigenvalue weighted by atomic mass is 32.2. The molecule has 2 saturated heterocycles.